The molecular weight excluding hydrogens is 268 g/mol. The first-order valence-electron chi connectivity index (χ1n) is 6.03. The number of carbonyl (C=O) groups is 1. The van der Waals surface area contributed by atoms with Crippen molar-refractivity contribution in [2.75, 3.05) is 31.2 Å². The van der Waals surface area contributed by atoms with Gasteiger partial charge in [-0.1, -0.05) is 0 Å². The van der Waals surface area contributed by atoms with Crippen molar-refractivity contribution in [2.24, 2.45) is 0 Å². The summed E-state index contributed by atoms with van der Waals surface area (Å²) in [4.78, 5) is 11.7. The molecule has 1 amide bonds. The first kappa shape index (κ1) is 14.0. The lowest BCUT2D eigenvalue weighted by Gasteiger charge is -2.26. The van der Waals surface area contributed by atoms with E-state index in [-0.39, 0.29) is 17.8 Å². The molecule has 0 aromatic carbocycles. The molecule has 5 N–H and O–H groups in total. The van der Waals surface area contributed by atoms with E-state index in [1.807, 2.05) is 6.92 Å². The molecule has 106 valence electrons. The minimum Gasteiger partial charge on any atom is -0.385 e. The zero-order chi connectivity index (χ0) is 14.0. The molecule has 8 heteroatoms. The average molecular weight is 286 g/mol. The minimum atomic E-state index is -0.932. The Morgan fingerprint density at radius 1 is 1.74 bits per heavy atom. The van der Waals surface area contributed by atoms with Crippen LogP contribution < -0.4 is 16.4 Å². The van der Waals surface area contributed by atoms with Crippen LogP contribution in [0.2, 0.25) is 0 Å². The van der Waals surface area contributed by atoms with Gasteiger partial charge in [0.05, 0.1) is 6.10 Å². The van der Waals surface area contributed by atoms with Gasteiger partial charge in [0.1, 0.15) is 16.2 Å². The van der Waals surface area contributed by atoms with Crippen LogP contribution in [0.5, 0.6) is 0 Å². The molecule has 1 aliphatic heterocycles. The molecule has 2 unspecified atom stereocenters. The first-order valence-corrected chi connectivity index (χ1v) is 6.80. The fraction of sp³-hybridized carbons (Fsp3) is 0.636. The van der Waals surface area contributed by atoms with Crippen molar-refractivity contribution < 1.29 is 14.6 Å². The van der Waals surface area contributed by atoms with Gasteiger partial charge < -0.3 is 26.2 Å². The quantitative estimate of drug-likeness (QED) is 0.622. The summed E-state index contributed by atoms with van der Waals surface area (Å²) < 4.78 is 9.31. The molecule has 0 spiro atoms. The van der Waals surface area contributed by atoms with Gasteiger partial charge in [0.2, 0.25) is 0 Å². The Morgan fingerprint density at radius 3 is 3.05 bits per heavy atom. The summed E-state index contributed by atoms with van der Waals surface area (Å²) in [5.41, 5.74) is 5.06. The Bertz CT molecular complexity index is 479. The molecule has 1 saturated heterocycles. The number of anilines is 2. The van der Waals surface area contributed by atoms with Crippen LogP contribution in [0.1, 0.15) is 23.7 Å². The third-order valence-electron chi connectivity index (χ3n) is 3.39. The number of nitrogens with zero attached hydrogens (tertiary/aromatic N) is 1. The summed E-state index contributed by atoms with van der Waals surface area (Å²) >= 11 is 1.10. The normalized spacial score (nSPS) is 26.4. The number of aliphatic hydroxyl groups is 1. The molecular formula is C11H18N4O3S. The number of hydrogen-bond donors (Lipinski definition) is 4. The van der Waals surface area contributed by atoms with Crippen molar-refractivity contribution in [1.82, 2.24) is 9.69 Å². The van der Waals surface area contributed by atoms with E-state index in [0.29, 0.717) is 30.1 Å². The maximum atomic E-state index is 11.7. The van der Waals surface area contributed by atoms with Crippen LogP contribution in [-0.4, -0.2) is 47.3 Å². The first-order chi connectivity index (χ1) is 8.98. The third-order valence-corrected chi connectivity index (χ3v) is 4.21. The van der Waals surface area contributed by atoms with Gasteiger partial charge in [-0.05, 0) is 18.5 Å². The molecule has 19 heavy (non-hydrogen) atoms. The van der Waals surface area contributed by atoms with Gasteiger partial charge in [0, 0.05) is 26.6 Å². The number of nitrogen functional groups attached to an aromatic ring is 1. The van der Waals surface area contributed by atoms with E-state index in [1.54, 1.807) is 0 Å². The van der Waals surface area contributed by atoms with Crippen molar-refractivity contribution in [1.29, 1.82) is 0 Å². The predicted molar refractivity (Wildman–Crippen MR) is 73.4 cm³/mol. The highest BCUT2D eigenvalue weighted by molar-refractivity contribution is 7.11. The zero-order valence-corrected chi connectivity index (χ0v) is 11.7. The Balaban J connectivity index is 2.10. The average Bonchev–Trinajstić information content (AvgIpc) is 2.91. The van der Waals surface area contributed by atoms with Gasteiger partial charge in [-0.3, -0.25) is 4.79 Å². The van der Waals surface area contributed by atoms with E-state index in [0.717, 1.165) is 11.5 Å². The molecule has 2 heterocycles. The van der Waals surface area contributed by atoms with Crippen LogP contribution in [0.15, 0.2) is 0 Å². The molecule has 2 rings (SSSR count). The number of amides is 1. The van der Waals surface area contributed by atoms with Crippen molar-refractivity contribution in [3.63, 3.8) is 0 Å². The summed E-state index contributed by atoms with van der Waals surface area (Å²) in [6, 6.07) is 0. The van der Waals surface area contributed by atoms with Crippen LogP contribution in [0.3, 0.4) is 0 Å². The Hall–Kier alpha value is -1.38. The molecule has 7 nitrogen and oxygen atoms in total. The number of carbonyl (C=O) groups excluding carboxylic acids is 1. The lowest BCUT2D eigenvalue weighted by atomic mass is 9.97. The standard InChI is InChI=1S/C11H18N4O3S/c1-6-11(17,3-4-18-6)5-14-10-7(9(16)13-2)8(12)15-19-10/h6,14,17H,3-5H2,1-2H3,(H2,12,15)(H,13,16). The molecule has 2 atom stereocenters. The monoisotopic (exact) mass is 286 g/mol. The topological polar surface area (TPSA) is 110 Å². The van der Waals surface area contributed by atoms with E-state index in [9.17, 15) is 9.90 Å². The predicted octanol–water partition coefficient (Wildman–Crippen LogP) is 0.0367. The fourth-order valence-corrected chi connectivity index (χ4v) is 2.71. The van der Waals surface area contributed by atoms with Crippen LogP contribution in [-0.2, 0) is 4.74 Å². The molecule has 1 fully saturated rings. The Labute approximate surface area is 115 Å². The Kier molecular flexibility index (Phi) is 3.93. The minimum absolute atomic E-state index is 0.189. The van der Waals surface area contributed by atoms with E-state index in [1.165, 1.54) is 7.05 Å². The van der Waals surface area contributed by atoms with E-state index >= 15 is 0 Å². The fourth-order valence-electron chi connectivity index (χ4n) is 2.00. The van der Waals surface area contributed by atoms with Gasteiger partial charge >= 0.3 is 0 Å². The molecule has 0 saturated carbocycles. The molecule has 0 bridgehead atoms. The van der Waals surface area contributed by atoms with E-state index in [2.05, 4.69) is 15.0 Å². The molecule has 1 aliphatic rings. The SMILES string of the molecule is CNC(=O)c1c(N)nsc1NCC1(O)CCOC1C. The van der Waals surface area contributed by atoms with Crippen molar-refractivity contribution in [3.8, 4) is 0 Å². The Morgan fingerprint density at radius 2 is 2.47 bits per heavy atom. The highest BCUT2D eigenvalue weighted by Crippen LogP contribution is 2.30. The van der Waals surface area contributed by atoms with E-state index < -0.39 is 5.60 Å². The second-order valence-corrected chi connectivity index (χ2v) is 5.34. The van der Waals surface area contributed by atoms with Gasteiger partial charge in [0.15, 0.2) is 5.82 Å². The molecule has 0 aliphatic carbocycles. The summed E-state index contributed by atoms with van der Waals surface area (Å²) in [7, 11) is 1.53. The second kappa shape index (κ2) is 5.32. The number of nitrogens with one attached hydrogen (secondary N) is 2. The summed E-state index contributed by atoms with van der Waals surface area (Å²) in [6.45, 7) is 2.65. The lowest BCUT2D eigenvalue weighted by Crippen LogP contribution is -2.43. The van der Waals surface area contributed by atoms with Gasteiger partial charge in [-0.25, -0.2) is 0 Å². The molecule has 1 aromatic heterocycles. The van der Waals surface area contributed by atoms with Crippen molar-refractivity contribution >= 4 is 28.3 Å². The largest absolute Gasteiger partial charge is 0.385 e. The number of hydrogen-bond acceptors (Lipinski definition) is 7. The lowest BCUT2D eigenvalue weighted by molar-refractivity contribution is -0.0175. The number of rotatable bonds is 4. The maximum absolute atomic E-state index is 11.7. The number of aromatic nitrogens is 1. The van der Waals surface area contributed by atoms with Crippen molar-refractivity contribution in [3.05, 3.63) is 5.56 Å². The van der Waals surface area contributed by atoms with Gasteiger partial charge in [0.25, 0.3) is 5.91 Å². The highest BCUT2D eigenvalue weighted by Gasteiger charge is 2.39. The molecule has 1 aromatic rings. The summed E-state index contributed by atoms with van der Waals surface area (Å²) in [5, 5.41) is 16.5. The molecule has 0 radical (unpaired) electrons. The summed E-state index contributed by atoms with van der Waals surface area (Å²) in [6.07, 6.45) is 0.318. The second-order valence-electron chi connectivity index (χ2n) is 4.57. The number of ether oxygens (including phenoxy) is 1. The smallest absolute Gasteiger partial charge is 0.257 e. The van der Waals surface area contributed by atoms with Crippen molar-refractivity contribution in [2.45, 2.75) is 25.0 Å². The van der Waals surface area contributed by atoms with Crippen LogP contribution in [0.25, 0.3) is 0 Å². The van der Waals surface area contributed by atoms with Gasteiger partial charge in [-0.15, -0.1) is 0 Å². The number of nitrogens with two attached hydrogens (primary N) is 1. The van der Waals surface area contributed by atoms with Crippen LogP contribution in [0, 0.1) is 0 Å². The van der Waals surface area contributed by atoms with E-state index in [4.69, 9.17) is 10.5 Å². The van der Waals surface area contributed by atoms with Crippen LogP contribution in [0.4, 0.5) is 10.8 Å². The van der Waals surface area contributed by atoms with Crippen LogP contribution >= 0.6 is 11.5 Å². The zero-order valence-electron chi connectivity index (χ0n) is 10.9. The highest BCUT2D eigenvalue weighted by atomic mass is 32.1. The summed E-state index contributed by atoms with van der Waals surface area (Å²) in [5.74, 6) is -0.106. The van der Waals surface area contributed by atoms with Gasteiger partial charge in [-0.2, -0.15) is 4.37 Å². The third kappa shape index (κ3) is 2.65. The maximum Gasteiger partial charge on any atom is 0.257 e.